The Morgan fingerprint density at radius 1 is 1.06 bits per heavy atom. The van der Waals surface area contributed by atoms with E-state index in [0.717, 1.165) is 44.5 Å². The summed E-state index contributed by atoms with van der Waals surface area (Å²) in [5.74, 6) is -1.27. The first-order valence-electron chi connectivity index (χ1n) is 14.2. The van der Waals surface area contributed by atoms with Gasteiger partial charge in [0.2, 0.25) is 0 Å². The van der Waals surface area contributed by atoms with Crippen LogP contribution in [-0.2, 0) is 24.4 Å². The number of hydrogen-bond acceptors (Lipinski definition) is 10. The normalized spacial score (nSPS) is 21.6. The van der Waals surface area contributed by atoms with Gasteiger partial charge in [0.25, 0.3) is 11.8 Å². The summed E-state index contributed by atoms with van der Waals surface area (Å²) in [6.45, 7) is -0.771. The molecule has 5 rings (SSSR count). The van der Waals surface area contributed by atoms with Crippen molar-refractivity contribution in [2.24, 2.45) is 4.36 Å². The van der Waals surface area contributed by atoms with Gasteiger partial charge in [-0.25, -0.2) is 4.21 Å². The molecule has 0 aromatic heterocycles. The number of carboxylic acid groups (broad SMARTS) is 1. The third kappa shape index (κ3) is 8.34. The first-order valence-corrected chi connectivity index (χ1v) is 18.1. The average molecular weight is 714 g/mol. The van der Waals surface area contributed by atoms with E-state index in [9.17, 15) is 23.1 Å². The number of carbonyl (C=O) groups is 3. The second-order valence-corrected chi connectivity index (χ2v) is 15.2. The molecule has 2 unspecified atom stereocenters. The SMILES string of the molecule is COc1cc2c(cc1OC)N(CC(=O)N=S(C)(=O)O)/C(=C/C1=CC(=C/C=C3SC(=S)N(CC(=O)O)C3=O)/CC(c3ccccc3)C1)S2. The van der Waals surface area contributed by atoms with Crippen LogP contribution in [0.4, 0.5) is 5.69 Å². The molecule has 2 aromatic rings. The number of hydrogen-bond donors (Lipinski definition) is 2. The second kappa shape index (κ2) is 14.5. The minimum atomic E-state index is -3.65. The Balaban J connectivity index is 1.54. The van der Waals surface area contributed by atoms with Gasteiger partial charge in [-0.05, 0) is 47.6 Å². The molecule has 2 amide bonds. The maximum absolute atomic E-state index is 12.9. The molecule has 11 nitrogen and oxygen atoms in total. The number of aliphatic carboxylic acids is 1. The van der Waals surface area contributed by atoms with Crippen molar-refractivity contribution in [1.82, 2.24) is 4.90 Å². The zero-order chi connectivity index (χ0) is 33.9. The third-order valence-electron chi connectivity index (χ3n) is 7.33. The molecule has 1 aliphatic carbocycles. The van der Waals surface area contributed by atoms with Crippen LogP contribution in [0.25, 0.3) is 0 Å². The lowest BCUT2D eigenvalue weighted by molar-refractivity contribution is -0.140. The minimum Gasteiger partial charge on any atom is -0.493 e. The summed E-state index contributed by atoms with van der Waals surface area (Å²) in [6.07, 6.45) is 9.89. The van der Waals surface area contributed by atoms with Crippen molar-refractivity contribution in [2.45, 2.75) is 23.7 Å². The van der Waals surface area contributed by atoms with Crippen LogP contribution in [-0.4, -0.2) is 74.4 Å². The fraction of sp³-hybridized carbons (Fsp3) is 0.250. The fourth-order valence-electron chi connectivity index (χ4n) is 5.35. The number of thioether (sulfide) groups is 2. The first kappa shape index (κ1) is 34.4. The molecule has 0 saturated carbocycles. The number of carbonyl (C=O) groups excluding carboxylic acids is 2. The molecule has 3 aliphatic rings. The zero-order valence-electron chi connectivity index (χ0n) is 25.6. The van der Waals surface area contributed by atoms with Crippen LogP contribution in [0.1, 0.15) is 24.3 Å². The van der Waals surface area contributed by atoms with Crippen molar-refractivity contribution in [1.29, 1.82) is 0 Å². The van der Waals surface area contributed by atoms with Crippen LogP contribution >= 0.6 is 35.7 Å². The summed E-state index contributed by atoms with van der Waals surface area (Å²) in [4.78, 5) is 40.8. The summed E-state index contributed by atoms with van der Waals surface area (Å²) in [7, 11) is -0.598. The number of allylic oxidation sites excluding steroid dienone is 6. The number of methoxy groups -OCH3 is 2. The molecule has 2 aromatic carbocycles. The molecule has 2 heterocycles. The molecule has 0 bridgehead atoms. The van der Waals surface area contributed by atoms with Gasteiger partial charge in [-0.3, -0.25) is 19.3 Å². The van der Waals surface area contributed by atoms with E-state index in [-0.39, 0.29) is 16.8 Å². The molecule has 246 valence electrons. The number of ether oxygens (including phenoxy) is 2. The molecular weight excluding hydrogens is 683 g/mol. The molecule has 2 atom stereocenters. The van der Waals surface area contributed by atoms with Gasteiger partial charge in [-0.15, -0.1) is 4.36 Å². The summed E-state index contributed by atoms with van der Waals surface area (Å²) >= 11 is 7.72. The molecule has 15 heteroatoms. The van der Waals surface area contributed by atoms with Crippen LogP contribution < -0.4 is 14.4 Å². The predicted molar refractivity (Wildman–Crippen MR) is 187 cm³/mol. The van der Waals surface area contributed by atoms with Gasteiger partial charge < -0.3 is 24.0 Å². The lowest BCUT2D eigenvalue weighted by Crippen LogP contribution is -2.33. The second-order valence-electron chi connectivity index (χ2n) is 10.8. The first-order chi connectivity index (χ1) is 22.3. The highest BCUT2D eigenvalue weighted by Gasteiger charge is 2.33. The zero-order valence-corrected chi connectivity index (χ0v) is 28.8. The van der Waals surface area contributed by atoms with Gasteiger partial charge in [-0.1, -0.05) is 78.2 Å². The number of anilines is 1. The van der Waals surface area contributed by atoms with E-state index in [4.69, 9.17) is 26.8 Å². The summed E-state index contributed by atoms with van der Waals surface area (Å²) < 4.78 is 36.2. The Labute approximate surface area is 286 Å². The number of fused-ring (bicyclic) bond motifs is 1. The molecule has 0 radical (unpaired) electrons. The van der Waals surface area contributed by atoms with Gasteiger partial charge in [0.1, 0.15) is 17.4 Å². The van der Waals surface area contributed by atoms with E-state index >= 15 is 0 Å². The van der Waals surface area contributed by atoms with Crippen LogP contribution in [0.15, 0.2) is 97.1 Å². The van der Waals surface area contributed by atoms with Crippen LogP contribution in [0.3, 0.4) is 0 Å². The number of carboxylic acids is 1. The van der Waals surface area contributed by atoms with Crippen molar-refractivity contribution in [3.8, 4) is 11.5 Å². The topological polar surface area (TPSA) is 146 Å². The van der Waals surface area contributed by atoms with E-state index < -0.39 is 34.3 Å². The van der Waals surface area contributed by atoms with E-state index in [2.05, 4.69) is 16.5 Å². The number of nitrogens with zero attached hydrogens (tertiary/aromatic N) is 3. The van der Waals surface area contributed by atoms with E-state index in [1.807, 2.05) is 42.5 Å². The smallest absolute Gasteiger partial charge is 0.323 e. The van der Waals surface area contributed by atoms with Crippen LogP contribution in [0.5, 0.6) is 11.5 Å². The Kier molecular flexibility index (Phi) is 10.6. The third-order valence-corrected chi connectivity index (χ3v) is 10.4. The van der Waals surface area contributed by atoms with Crippen molar-refractivity contribution < 1.29 is 37.7 Å². The summed E-state index contributed by atoms with van der Waals surface area (Å²) in [5, 5.41) is 9.87. The molecule has 1 saturated heterocycles. The highest BCUT2D eigenvalue weighted by molar-refractivity contribution is 8.26. The van der Waals surface area contributed by atoms with Gasteiger partial charge in [0.15, 0.2) is 21.5 Å². The number of amides is 2. The highest BCUT2D eigenvalue weighted by Crippen LogP contribution is 2.51. The Bertz CT molecular complexity index is 1890. The summed E-state index contributed by atoms with van der Waals surface area (Å²) in [6, 6.07) is 13.6. The molecule has 1 fully saturated rings. The molecule has 47 heavy (non-hydrogen) atoms. The molecule has 2 N–H and O–H groups in total. The lowest BCUT2D eigenvalue weighted by Gasteiger charge is -2.25. The van der Waals surface area contributed by atoms with Crippen LogP contribution in [0.2, 0.25) is 0 Å². The van der Waals surface area contributed by atoms with E-state index in [0.29, 0.717) is 40.0 Å². The Hall–Kier alpha value is -3.89. The predicted octanol–water partition coefficient (Wildman–Crippen LogP) is 5.81. The Morgan fingerprint density at radius 3 is 2.43 bits per heavy atom. The van der Waals surface area contributed by atoms with E-state index in [1.165, 1.54) is 26.0 Å². The lowest BCUT2D eigenvalue weighted by atomic mass is 9.81. The maximum atomic E-state index is 12.9. The largest absolute Gasteiger partial charge is 0.493 e. The van der Waals surface area contributed by atoms with Crippen molar-refractivity contribution in [2.75, 3.05) is 38.5 Å². The van der Waals surface area contributed by atoms with E-state index in [1.54, 1.807) is 17.0 Å². The van der Waals surface area contributed by atoms with Gasteiger partial charge in [0, 0.05) is 23.3 Å². The standard InChI is InChI=1S/C32H31N3O8S4/c1-42-24-15-23-27(16-25(24)43-2)45-29(34(23)17-28(36)33-47(3,40)41)14-20-11-19(12-22(13-20)21-7-5-4-6-8-21)9-10-26-31(39)35(18-30(37)38)32(44)46-26/h4-11,14-16,22H,12-13,17-18H2,1-3H3,(H,37,38)(H,33,36,40,41)/b19-9-,26-10?,29-14-. The number of thiocarbonyl (C=S) groups is 1. The number of rotatable bonds is 9. The van der Waals surface area contributed by atoms with Crippen molar-refractivity contribution in [3.63, 3.8) is 0 Å². The number of benzene rings is 2. The summed E-state index contributed by atoms with van der Waals surface area (Å²) in [5.41, 5.74) is 3.69. The van der Waals surface area contributed by atoms with Gasteiger partial charge >= 0.3 is 5.97 Å². The maximum Gasteiger partial charge on any atom is 0.323 e. The van der Waals surface area contributed by atoms with Crippen molar-refractivity contribution in [3.05, 3.63) is 93.4 Å². The monoisotopic (exact) mass is 713 g/mol. The van der Waals surface area contributed by atoms with Crippen LogP contribution in [0, 0.1) is 0 Å². The minimum absolute atomic E-state index is 0.104. The van der Waals surface area contributed by atoms with Gasteiger partial charge in [-0.2, -0.15) is 0 Å². The quantitative estimate of drug-likeness (QED) is 0.239. The average Bonchev–Trinajstić information content (AvgIpc) is 3.48. The molecule has 2 aliphatic heterocycles. The van der Waals surface area contributed by atoms with Crippen molar-refractivity contribution >= 4 is 73.5 Å². The fourth-order valence-corrected chi connectivity index (χ4v) is 8.13. The highest BCUT2D eigenvalue weighted by atomic mass is 32.2. The van der Waals surface area contributed by atoms with Gasteiger partial charge in [0.05, 0.1) is 29.8 Å². The molecule has 0 spiro atoms. The molecular formula is C32H31N3O8S4. The Morgan fingerprint density at radius 2 is 1.77 bits per heavy atom.